The van der Waals surface area contributed by atoms with Crippen molar-refractivity contribution in [1.82, 2.24) is 5.32 Å². The van der Waals surface area contributed by atoms with Gasteiger partial charge in [0.2, 0.25) is 5.91 Å². The third-order valence-electron chi connectivity index (χ3n) is 2.46. The van der Waals surface area contributed by atoms with Gasteiger partial charge in [-0.15, -0.1) is 0 Å². The minimum absolute atomic E-state index is 0.0942. The van der Waals surface area contributed by atoms with Gasteiger partial charge in [-0.05, 0) is 34.5 Å². The van der Waals surface area contributed by atoms with Crippen LogP contribution in [0.15, 0.2) is 28.7 Å². The number of thioether (sulfide) groups is 1. The number of benzene rings is 1. The molecule has 0 aliphatic rings. The molecule has 1 aromatic carbocycles. The van der Waals surface area contributed by atoms with E-state index >= 15 is 0 Å². The molecule has 2 amide bonds. The molecule has 0 aliphatic carbocycles. The number of imide groups is 1. The van der Waals surface area contributed by atoms with Crippen LogP contribution in [0.5, 0.6) is 0 Å². The number of amides is 2. The SMILES string of the molecule is CCC(N)CSCC(=O)NC(=O)c1ccccc1Br. The lowest BCUT2D eigenvalue weighted by molar-refractivity contribution is -0.117. The van der Waals surface area contributed by atoms with Crippen molar-refractivity contribution >= 4 is 39.5 Å². The molecule has 1 atom stereocenters. The van der Waals surface area contributed by atoms with E-state index < -0.39 is 5.91 Å². The monoisotopic (exact) mass is 344 g/mol. The molecule has 104 valence electrons. The molecule has 0 aromatic heterocycles. The van der Waals surface area contributed by atoms with Crippen molar-refractivity contribution in [3.05, 3.63) is 34.3 Å². The van der Waals surface area contributed by atoms with Gasteiger partial charge < -0.3 is 5.73 Å². The van der Waals surface area contributed by atoms with Crippen molar-refractivity contribution in [3.8, 4) is 0 Å². The minimum Gasteiger partial charge on any atom is -0.327 e. The van der Waals surface area contributed by atoms with Gasteiger partial charge in [-0.1, -0.05) is 19.1 Å². The fourth-order valence-electron chi connectivity index (χ4n) is 1.30. The molecule has 0 bridgehead atoms. The van der Waals surface area contributed by atoms with Gasteiger partial charge in [0.05, 0.1) is 11.3 Å². The van der Waals surface area contributed by atoms with Crippen molar-refractivity contribution < 1.29 is 9.59 Å². The Morgan fingerprint density at radius 3 is 2.74 bits per heavy atom. The number of halogens is 1. The summed E-state index contributed by atoms with van der Waals surface area (Å²) >= 11 is 4.71. The summed E-state index contributed by atoms with van der Waals surface area (Å²) < 4.78 is 0.668. The largest absolute Gasteiger partial charge is 0.327 e. The predicted octanol–water partition coefficient (Wildman–Crippen LogP) is 2.18. The normalized spacial score (nSPS) is 11.9. The molecule has 0 heterocycles. The smallest absolute Gasteiger partial charge is 0.259 e. The second kappa shape index (κ2) is 8.35. The molecule has 1 rings (SSSR count). The first-order valence-corrected chi connectivity index (χ1v) is 7.91. The zero-order valence-corrected chi connectivity index (χ0v) is 13.1. The number of nitrogens with two attached hydrogens (primary N) is 1. The number of hydrogen-bond acceptors (Lipinski definition) is 4. The zero-order valence-electron chi connectivity index (χ0n) is 10.7. The molecule has 0 saturated carbocycles. The third-order valence-corrected chi connectivity index (χ3v) is 4.28. The van der Waals surface area contributed by atoms with Crippen LogP contribution in [0.2, 0.25) is 0 Å². The maximum Gasteiger partial charge on any atom is 0.259 e. The summed E-state index contributed by atoms with van der Waals surface area (Å²) in [6.45, 7) is 2.00. The number of carbonyl (C=O) groups excluding carboxylic acids is 2. The molecule has 0 aliphatic heterocycles. The van der Waals surface area contributed by atoms with Gasteiger partial charge in [0.25, 0.3) is 5.91 Å². The summed E-state index contributed by atoms with van der Waals surface area (Å²) in [5, 5.41) is 2.36. The fourth-order valence-corrected chi connectivity index (χ4v) is 2.67. The second-order valence-corrected chi connectivity index (χ2v) is 5.93. The average Bonchev–Trinajstić information content (AvgIpc) is 2.38. The van der Waals surface area contributed by atoms with Gasteiger partial charge in [-0.25, -0.2) is 0 Å². The van der Waals surface area contributed by atoms with Crippen molar-refractivity contribution in [1.29, 1.82) is 0 Å². The number of carbonyl (C=O) groups is 2. The molecule has 6 heteroatoms. The molecule has 0 saturated heterocycles. The summed E-state index contributed by atoms with van der Waals surface area (Å²) in [6.07, 6.45) is 0.879. The molecule has 0 radical (unpaired) electrons. The summed E-state index contributed by atoms with van der Waals surface area (Å²) in [6, 6.07) is 7.07. The third kappa shape index (κ3) is 5.76. The Kier molecular flexibility index (Phi) is 7.12. The van der Waals surface area contributed by atoms with Crippen LogP contribution < -0.4 is 11.1 Å². The van der Waals surface area contributed by atoms with E-state index in [0.29, 0.717) is 15.8 Å². The van der Waals surface area contributed by atoms with E-state index in [-0.39, 0.29) is 17.7 Å². The zero-order chi connectivity index (χ0) is 14.3. The lowest BCUT2D eigenvalue weighted by Crippen LogP contribution is -2.32. The number of nitrogens with one attached hydrogen (secondary N) is 1. The van der Waals surface area contributed by atoms with E-state index in [0.717, 1.165) is 6.42 Å². The van der Waals surface area contributed by atoms with Crippen molar-refractivity contribution in [3.63, 3.8) is 0 Å². The van der Waals surface area contributed by atoms with E-state index in [4.69, 9.17) is 5.73 Å². The Labute approximate surface area is 125 Å². The molecule has 0 spiro atoms. The topological polar surface area (TPSA) is 72.2 Å². The highest BCUT2D eigenvalue weighted by molar-refractivity contribution is 9.10. The lowest BCUT2D eigenvalue weighted by atomic mass is 10.2. The minimum atomic E-state index is -0.391. The fraction of sp³-hybridized carbons (Fsp3) is 0.385. The standard InChI is InChI=1S/C13H17BrN2O2S/c1-2-9(15)7-19-8-12(17)16-13(18)10-5-3-4-6-11(10)14/h3-6,9H,2,7-8,15H2,1H3,(H,16,17,18). The van der Waals surface area contributed by atoms with Gasteiger partial charge in [0.15, 0.2) is 0 Å². The molecule has 19 heavy (non-hydrogen) atoms. The maximum atomic E-state index is 11.8. The summed E-state index contributed by atoms with van der Waals surface area (Å²) in [5.74, 6) is 0.267. The number of hydrogen-bond donors (Lipinski definition) is 2. The van der Waals surface area contributed by atoms with Crippen molar-refractivity contribution in [2.24, 2.45) is 5.73 Å². The van der Waals surface area contributed by atoms with Crippen LogP contribution in [-0.4, -0.2) is 29.4 Å². The molecular formula is C13H17BrN2O2S. The molecule has 4 nitrogen and oxygen atoms in total. The van der Waals surface area contributed by atoms with Crippen LogP contribution >= 0.6 is 27.7 Å². The van der Waals surface area contributed by atoms with Crippen LogP contribution in [0.1, 0.15) is 23.7 Å². The van der Waals surface area contributed by atoms with Crippen LogP contribution in [-0.2, 0) is 4.79 Å². The number of rotatable bonds is 6. The first-order valence-electron chi connectivity index (χ1n) is 5.96. The molecular weight excluding hydrogens is 328 g/mol. The van der Waals surface area contributed by atoms with Gasteiger partial charge in [-0.2, -0.15) is 11.8 Å². The van der Waals surface area contributed by atoms with Gasteiger partial charge in [0, 0.05) is 16.3 Å². The van der Waals surface area contributed by atoms with Gasteiger partial charge in [0.1, 0.15) is 0 Å². The van der Waals surface area contributed by atoms with Crippen LogP contribution in [0.3, 0.4) is 0 Å². The predicted molar refractivity (Wildman–Crippen MR) is 82.2 cm³/mol. The molecule has 0 fully saturated rings. The second-order valence-electron chi connectivity index (χ2n) is 4.04. The van der Waals surface area contributed by atoms with Crippen LogP contribution in [0.25, 0.3) is 0 Å². The van der Waals surface area contributed by atoms with E-state index in [9.17, 15) is 9.59 Å². The quantitative estimate of drug-likeness (QED) is 0.829. The van der Waals surface area contributed by atoms with Crippen molar-refractivity contribution in [2.45, 2.75) is 19.4 Å². The maximum absolute atomic E-state index is 11.8. The molecule has 1 aromatic rings. The Bertz CT molecular complexity index is 454. The Morgan fingerprint density at radius 2 is 2.11 bits per heavy atom. The van der Waals surface area contributed by atoms with E-state index in [2.05, 4.69) is 21.2 Å². The Balaban J connectivity index is 2.41. The summed E-state index contributed by atoms with van der Waals surface area (Å²) in [4.78, 5) is 23.4. The van der Waals surface area contributed by atoms with E-state index in [1.807, 2.05) is 13.0 Å². The highest BCUT2D eigenvalue weighted by Crippen LogP contribution is 2.15. The van der Waals surface area contributed by atoms with Gasteiger partial charge in [-0.3, -0.25) is 14.9 Å². The lowest BCUT2D eigenvalue weighted by Gasteiger charge is -2.08. The van der Waals surface area contributed by atoms with Crippen molar-refractivity contribution in [2.75, 3.05) is 11.5 Å². The van der Waals surface area contributed by atoms with Gasteiger partial charge >= 0.3 is 0 Å². The van der Waals surface area contributed by atoms with E-state index in [1.54, 1.807) is 18.2 Å². The van der Waals surface area contributed by atoms with Crippen LogP contribution in [0.4, 0.5) is 0 Å². The molecule has 3 N–H and O–H groups in total. The van der Waals surface area contributed by atoms with Crippen LogP contribution in [0, 0.1) is 0 Å². The summed E-state index contributed by atoms with van der Waals surface area (Å²) in [5.41, 5.74) is 6.20. The van der Waals surface area contributed by atoms with E-state index in [1.165, 1.54) is 11.8 Å². The highest BCUT2D eigenvalue weighted by Gasteiger charge is 2.13. The first kappa shape index (κ1) is 16.2. The average molecular weight is 345 g/mol. The Morgan fingerprint density at radius 1 is 1.42 bits per heavy atom. The Hall–Kier alpha value is -0.850. The first-order chi connectivity index (χ1) is 9.04. The summed E-state index contributed by atoms with van der Waals surface area (Å²) in [7, 11) is 0. The highest BCUT2D eigenvalue weighted by atomic mass is 79.9. The molecule has 1 unspecified atom stereocenters.